The van der Waals surface area contributed by atoms with Gasteiger partial charge in [-0.1, -0.05) is 47.7 Å². The number of nitrogens with two attached hydrogens (primary N) is 1. The minimum Gasteiger partial charge on any atom is -0.489 e. The zero-order valence-corrected chi connectivity index (χ0v) is 16.5. The predicted molar refractivity (Wildman–Crippen MR) is 111 cm³/mol. The zero-order valence-electron chi connectivity index (χ0n) is 16.5. The monoisotopic (exact) mass is 418 g/mol. The number of benzene rings is 2. The number of anilines is 1. The van der Waals surface area contributed by atoms with Gasteiger partial charge in [0.05, 0.1) is 11.9 Å². The highest BCUT2D eigenvalue weighted by Crippen LogP contribution is 2.16. The molecule has 2 aromatic heterocycles. The topological polar surface area (TPSA) is 146 Å². The summed E-state index contributed by atoms with van der Waals surface area (Å²) in [4.78, 5) is 12.6. The van der Waals surface area contributed by atoms with Crippen molar-refractivity contribution in [3.8, 4) is 11.6 Å². The minimum atomic E-state index is -0.544. The number of nitrogen functional groups attached to an aromatic ring is 1. The predicted octanol–water partition coefficient (Wildman–Crippen LogP) is 1.88. The van der Waals surface area contributed by atoms with Gasteiger partial charge in [-0.05, 0) is 40.5 Å². The van der Waals surface area contributed by atoms with Crippen LogP contribution < -0.4 is 15.9 Å². The molecule has 0 saturated carbocycles. The van der Waals surface area contributed by atoms with Crippen molar-refractivity contribution in [3.63, 3.8) is 0 Å². The van der Waals surface area contributed by atoms with E-state index in [1.54, 1.807) is 6.92 Å². The highest BCUT2D eigenvalue weighted by atomic mass is 16.6. The first kappa shape index (κ1) is 19.8. The Morgan fingerprint density at radius 3 is 2.84 bits per heavy atom. The van der Waals surface area contributed by atoms with Crippen molar-refractivity contribution in [3.05, 3.63) is 77.1 Å². The van der Waals surface area contributed by atoms with Crippen molar-refractivity contribution in [1.29, 1.82) is 0 Å². The fraction of sp³-hybridized carbons (Fsp3) is 0.100. The summed E-state index contributed by atoms with van der Waals surface area (Å²) in [6.45, 7) is 2.08. The molecule has 0 bridgehead atoms. The number of hydrogen-bond acceptors (Lipinski definition) is 9. The summed E-state index contributed by atoms with van der Waals surface area (Å²) in [6, 6.07) is 17.2. The molecule has 31 heavy (non-hydrogen) atoms. The highest BCUT2D eigenvalue weighted by molar-refractivity contribution is 5.94. The molecule has 4 aromatic rings. The quantitative estimate of drug-likeness (QED) is 0.342. The van der Waals surface area contributed by atoms with E-state index < -0.39 is 5.91 Å². The number of aromatic nitrogens is 5. The van der Waals surface area contributed by atoms with Gasteiger partial charge in [-0.15, -0.1) is 5.10 Å². The van der Waals surface area contributed by atoms with Crippen LogP contribution in [0.3, 0.4) is 0 Å². The van der Waals surface area contributed by atoms with E-state index in [9.17, 15) is 4.79 Å². The smallest absolute Gasteiger partial charge is 0.292 e. The molecule has 4 rings (SSSR count). The average Bonchev–Trinajstić information content (AvgIpc) is 3.38. The number of carbonyl (C=O) groups is 1. The van der Waals surface area contributed by atoms with Crippen LogP contribution in [-0.4, -0.2) is 37.4 Å². The molecule has 1 amide bonds. The van der Waals surface area contributed by atoms with Gasteiger partial charge < -0.3 is 10.5 Å². The molecule has 0 fully saturated rings. The van der Waals surface area contributed by atoms with E-state index in [2.05, 4.69) is 35.8 Å². The van der Waals surface area contributed by atoms with Gasteiger partial charge in [0.2, 0.25) is 11.6 Å². The summed E-state index contributed by atoms with van der Waals surface area (Å²) in [5, 5.41) is 18.9. The van der Waals surface area contributed by atoms with Crippen LogP contribution in [-0.2, 0) is 6.61 Å². The summed E-state index contributed by atoms with van der Waals surface area (Å²) in [7, 11) is 0. The van der Waals surface area contributed by atoms with E-state index in [0.717, 1.165) is 15.8 Å². The Hall–Kier alpha value is -4.54. The number of rotatable bonds is 7. The molecule has 0 radical (unpaired) electrons. The molecule has 3 N–H and O–H groups in total. The van der Waals surface area contributed by atoms with Crippen molar-refractivity contribution in [2.75, 3.05) is 5.73 Å². The lowest BCUT2D eigenvalue weighted by atomic mass is 10.2. The van der Waals surface area contributed by atoms with Crippen LogP contribution in [0.15, 0.2) is 64.3 Å². The Morgan fingerprint density at radius 1 is 1.23 bits per heavy atom. The van der Waals surface area contributed by atoms with Crippen molar-refractivity contribution >= 4 is 17.9 Å². The largest absolute Gasteiger partial charge is 0.489 e. The van der Waals surface area contributed by atoms with Crippen LogP contribution >= 0.6 is 0 Å². The molecule has 0 aliphatic heterocycles. The molecule has 11 nitrogen and oxygen atoms in total. The Kier molecular flexibility index (Phi) is 5.65. The standard InChI is InChI=1S/C20H18N8O3/c1-13-17(28(27-23-13)19-18(21)25-31-26-19)20(29)24-22-11-15-8-5-9-16(10-15)30-12-14-6-3-2-4-7-14/h2-11H,12H2,1H3,(H2,21,25)(H,24,29). The molecule has 11 heteroatoms. The molecular formula is C20H18N8O3. The Labute approximate surface area is 176 Å². The lowest BCUT2D eigenvalue weighted by Gasteiger charge is -2.07. The number of hydrogen-bond donors (Lipinski definition) is 2. The summed E-state index contributed by atoms with van der Waals surface area (Å²) in [5.41, 5.74) is 10.4. The molecule has 0 aliphatic rings. The molecule has 0 atom stereocenters. The number of nitrogens with zero attached hydrogens (tertiary/aromatic N) is 6. The van der Waals surface area contributed by atoms with Gasteiger partial charge in [0, 0.05) is 0 Å². The molecule has 0 unspecified atom stereocenters. The molecule has 2 heterocycles. The summed E-state index contributed by atoms with van der Waals surface area (Å²) in [5.74, 6) is 0.191. The van der Waals surface area contributed by atoms with Gasteiger partial charge in [0.25, 0.3) is 5.91 Å². The number of nitrogens with one attached hydrogen (secondary N) is 1. The molecule has 0 spiro atoms. The number of hydrazone groups is 1. The van der Waals surface area contributed by atoms with Gasteiger partial charge in [0.1, 0.15) is 12.4 Å². The van der Waals surface area contributed by atoms with Crippen LogP contribution in [0.25, 0.3) is 5.82 Å². The average molecular weight is 418 g/mol. The molecular weight excluding hydrogens is 400 g/mol. The second-order valence-electron chi connectivity index (χ2n) is 6.45. The van der Waals surface area contributed by atoms with Crippen LogP contribution in [0.1, 0.15) is 27.3 Å². The third-order valence-corrected chi connectivity index (χ3v) is 4.24. The number of ether oxygens (including phenoxy) is 1. The van der Waals surface area contributed by atoms with E-state index >= 15 is 0 Å². The summed E-state index contributed by atoms with van der Waals surface area (Å²) in [6.07, 6.45) is 1.50. The number of amides is 1. The van der Waals surface area contributed by atoms with Crippen LogP contribution in [0.2, 0.25) is 0 Å². The fourth-order valence-electron chi connectivity index (χ4n) is 2.75. The van der Waals surface area contributed by atoms with Crippen molar-refractivity contribution in [1.82, 2.24) is 30.7 Å². The third kappa shape index (κ3) is 4.56. The summed E-state index contributed by atoms with van der Waals surface area (Å²) < 4.78 is 11.5. The van der Waals surface area contributed by atoms with Gasteiger partial charge in [0.15, 0.2) is 5.69 Å². The molecule has 0 aliphatic carbocycles. The lowest BCUT2D eigenvalue weighted by Crippen LogP contribution is -2.22. The van der Waals surface area contributed by atoms with Crippen molar-refractivity contribution in [2.24, 2.45) is 5.10 Å². The lowest BCUT2D eigenvalue weighted by molar-refractivity contribution is 0.0946. The van der Waals surface area contributed by atoms with E-state index in [1.165, 1.54) is 6.21 Å². The first-order valence-corrected chi connectivity index (χ1v) is 9.22. The normalized spacial score (nSPS) is 11.0. The number of aryl methyl sites for hydroxylation is 1. The van der Waals surface area contributed by atoms with E-state index in [4.69, 9.17) is 10.5 Å². The van der Waals surface area contributed by atoms with E-state index in [0.29, 0.717) is 18.1 Å². The Bertz CT molecular complexity index is 1220. The maximum absolute atomic E-state index is 12.6. The van der Waals surface area contributed by atoms with E-state index in [1.807, 2.05) is 54.6 Å². The summed E-state index contributed by atoms with van der Waals surface area (Å²) >= 11 is 0. The molecule has 0 saturated heterocycles. The first-order chi connectivity index (χ1) is 15.1. The van der Waals surface area contributed by atoms with Gasteiger partial charge in [-0.25, -0.2) is 10.1 Å². The minimum absolute atomic E-state index is 0.0187. The Morgan fingerprint density at radius 2 is 2.06 bits per heavy atom. The second kappa shape index (κ2) is 8.86. The van der Waals surface area contributed by atoms with Crippen molar-refractivity contribution in [2.45, 2.75) is 13.5 Å². The molecule has 156 valence electrons. The van der Waals surface area contributed by atoms with E-state index in [-0.39, 0.29) is 17.3 Å². The maximum atomic E-state index is 12.6. The Balaban J connectivity index is 1.42. The van der Waals surface area contributed by atoms with Crippen LogP contribution in [0.4, 0.5) is 5.82 Å². The number of carbonyl (C=O) groups excluding carboxylic acids is 1. The second-order valence-corrected chi connectivity index (χ2v) is 6.45. The van der Waals surface area contributed by atoms with Crippen LogP contribution in [0.5, 0.6) is 5.75 Å². The SMILES string of the molecule is Cc1nnn(-c2nonc2N)c1C(=O)NN=Cc1cccc(OCc2ccccc2)c1. The highest BCUT2D eigenvalue weighted by Gasteiger charge is 2.22. The van der Waals surface area contributed by atoms with Gasteiger partial charge in [-0.3, -0.25) is 4.79 Å². The van der Waals surface area contributed by atoms with Crippen molar-refractivity contribution < 1.29 is 14.2 Å². The van der Waals surface area contributed by atoms with Crippen LogP contribution in [0, 0.1) is 6.92 Å². The third-order valence-electron chi connectivity index (χ3n) is 4.24. The zero-order chi connectivity index (χ0) is 21.6. The van der Waals surface area contributed by atoms with Gasteiger partial charge >= 0.3 is 0 Å². The first-order valence-electron chi connectivity index (χ1n) is 9.22. The van der Waals surface area contributed by atoms with Gasteiger partial charge in [-0.2, -0.15) is 9.78 Å². The molecule has 2 aromatic carbocycles. The fourth-order valence-corrected chi connectivity index (χ4v) is 2.75. The maximum Gasteiger partial charge on any atom is 0.292 e.